The van der Waals surface area contributed by atoms with Gasteiger partial charge in [-0.3, -0.25) is 25.8 Å². The number of nitrogens with one attached hydrogen (secondary N) is 3. The third kappa shape index (κ3) is 4.32. The number of amides is 1. The molecule has 10 nitrogen and oxygen atoms in total. The lowest BCUT2D eigenvalue weighted by atomic mass is 10.2. The second kappa shape index (κ2) is 8.15. The standard InChI is InChI=1S/C16H14ClN7O3S/c1-8-9(2)28-16(20-8)21-13-12(24(26)27)14(19-7-18-13)22-23-15(25)10-4-3-5-11(17)6-10/h3-7H,1-2H3,(H,23,25)(H2,18,19,20,21,22). The molecule has 0 radical (unpaired) electrons. The normalized spacial score (nSPS) is 10.4. The number of carbonyl (C=O) groups is 1. The van der Waals surface area contributed by atoms with Crippen LogP contribution in [0.4, 0.5) is 22.5 Å². The number of aromatic nitrogens is 3. The van der Waals surface area contributed by atoms with Gasteiger partial charge in [0.15, 0.2) is 5.13 Å². The van der Waals surface area contributed by atoms with E-state index < -0.39 is 16.5 Å². The summed E-state index contributed by atoms with van der Waals surface area (Å²) in [5, 5.41) is 15.2. The summed E-state index contributed by atoms with van der Waals surface area (Å²) in [6.45, 7) is 3.73. The number of nitrogens with zero attached hydrogens (tertiary/aromatic N) is 4. The Kier molecular flexibility index (Phi) is 5.66. The number of hydrogen-bond donors (Lipinski definition) is 3. The van der Waals surface area contributed by atoms with Gasteiger partial charge < -0.3 is 5.32 Å². The molecule has 0 fully saturated rings. The second-order valence-electron chi connectivity index (χ2n) is 5.55. The van der Waals surface area contributed by atoms with Crippen molar-refractivity contribution in [1.29, 1.82) is 0 Å². The Balaban J connectivity index is 1.82. The number of aryl methyl sites for hydroxylation is 2. The highest BCUT2D eigenvalue weighted by Crippen LogP contribution is 2.32. The van der Waals surface area contributed by atoms with Crippen molar-refractivity contribution in [2.24, 2.45) is 0 Å². The Bertz CT molecular complexity index is 1040. The van der Waals surface area contributed by atoms with Gasteiger partial charge in [0.25, 0.3) is 5.91 Å². The molecule has 144 valence electrons. The molecule has 0 aliphatic rings. The lowest BCUT2D eigenvalue weighted by Crippen LogP contribution is -2.30. The summed E-state index contributed by atoms with van der Waals surface area (Å²) in [5.74, 6) is -0.757. The number of carbonyl (C=O) groups excluding carboxylic acids is 1. The van der Waals surface area contributed by atoms with Crippen LogP contribution < -0.4 is 16.2 Å². The maximum atomic E-state index is 12.2. The van der Waals surface area contributed by atoms with Gasteiger partial charge in [-0.05, 0) is 32.0 Å². The molecular weight excluding hydrogens is 406 g/mol. The minimum atomic E-state index is -0.649. The molecule has 28 heavy (non-hydrogen) atoms. The fraction of sp³-hybridized carbons (Fsp3) is 0.125. The molecular formula is C16H14ClN7O3S. The molecule has 0 atom stereocenters. The number of thiazole rings is 1. The van der Waals surface area contributed by atoms with Crippen LogP contribution in [-0.2, 0) is 0 Å². The average Bonchev–Trinajstić information content (AvgIpc) is 2.96. The molecule has 0 aliphatic carbocycles. The Morgan fingerprint density at radius 2 is 2.00 bits per heavy atom. The van der Waals surface area contributed by atoms with E-state index in [1.54, 1.807) is 18.2 Å². The number of anilines is 3. The van der Waals surface area contributed by atoms with Crippen LogP contribution in [0, 0.1) is 24.0 Å². The van der Waals surface area contributed by atoms with Crippen molar-refractivity contribution in [2.75, 3.05) is 10.7 Å². The summed E-state index contributed by atoms with van der Waals surface area (Å²) >= 11 is 7.20. The van der Waals surface area contributed by atoms with Crippen LogP contribution in [0.1, 0.15) is 20.9 Å². The van der Waals surface area contributed by atoms with Gasteiger partial charge in [-0.25, -0.2) is 15.0 Å². The van der Waals surface area contributed by atoms with Gasteiger partial charge in [0.1, 0.15) is 6.33 Å². The van der Waals surface area contributed by atoms with Crippen LogP contribution in [0.3, 0.4) is 0 Å². The Morgan fingerprint density at radius 1 is 1.25 bits per heavy atom. The first-order valence-corrected chi connectivity index (χ1v) is 9.07. The smallest absolute Gasteiger partial charge is 0.310 e. The molecule has 3 aromatic rings. The lowest BCUT2D eigenvalue weighted by molar-refractivity contribution is -0.383. The van der Waals surface area contributed by atoms with Crippen LogP contribution >= 0.6 is 22.9 Å². The van der Waals surface area contributed by atoms with E-state index in [1.165, 1.54) is 17.4 Å². The SMILES string of the molecule is Cc1nc(Nc2ncnc(NNC(=O)c3cccc(Cl)c3)c2[N+](=O)[O-])sc1C. The molecule has 0 saturated heterocycles. The van der Waals surface area contributed by atoms with Gasteiger partial charge in [-0.15, -0.1) is 11.3 Å². The molecule has 0 saturated carbocycles. The largest absolute Gasteiger partial charge is 0.355 e. The van der Waals surface area contributed by atoms with Crippen molar-refractivity contribution >= 4 is 51.3 Å². The van der Waals surface area contributed by atoms with Gasteiger partial charge in [0, 0.05) is 15.5 Å². The Labute approximate surface area is 168 Å². The summed E-state index contributed by atoms with van der Waals surface area (Å²) < 4.78 is 0. The summed E-state index contributed by atoms with van der Waals surface area (Å²) in [7, 11) is 0. The van der Waals surface area contributed by atoms with Crippen molar-refractivity contribution in [3.05, 3.63) is 61.9 Å². The molecule has 3 rings (SSSR count). The third-order valence-corrected chi connectivity index (χ3v) is 4.86. The van der Waals surface area contributed by atoms with E-state index in [9.17, 15) is 14.9 Å². The monoisotopic (exact) mass is 419 g/mol. The third-order valence-electron chi connectivity index (χ3n) is 3.64. The Hall–Kier alpha value is -3.31. The highest BCUT2D eigenvalue weighted by atomic mass is 35.5. The minimum absolute atomic E-state index is 0.0479. The zero-order valence-electron chi connectivity index (χ0n) is 14.7. The molecule has 2 aromatic heterocycles. The zero-order chi connectivity index (χ0) is 20.3. The van der Waals surface area contributed by atoms with E-state index in [0.29, 0.717) is 10.2 Å². The highest BCUT2D eigenvalue weighted by molar-refractivity contribution is 7.15. The highest BCUT2D eigenvalue weighted by Gasteiger charge is 2.24. The first kappa shape index (κ1) is 19.5. The van der Waals surface area contributed by atoms with Crippen LogP contribution in [0.25, 0.3) is 0 Å². The maximum absolute atomic E-state index is 12.2. The van der Waals surface area contributed by atoms with Crippen molar-refractivity contribution in [3.8, 4) is 0 Å². The van der Waals surface area contributed by atoms with Gasteiger partial charge in [-0.2, -0.15) is 0 Å². The van der Waals surface area contributed by atoms with E-state index in [2.05, 4.69) is 31.1 Å². The number of halogens is 1. The molecule has 1 amide bonds. The van der Waals surface area contributed by atoms with E-state index in [-0.39, 0.29) is 17.2 Å². The van der Waals surface area contributed by atoms with Crippen molar-refractivity contribution in [1.82, 2.24) is 20.4 Å². The number of rotatable bonds is 6. The first-order chi connectivity index (χ1) is 13.3. The molecule has 1 aromatic carbocycles. The van der Waals surface area contributed by atoms with Gasteiger partial charge in [0.05, 0.1) is 10.6 Å². The fourth-order valence-corrected chi connectivity index (χ4v) is 3.18. The molecule has 0 aliphatic heterocycles. The van der Waals surface area contributed by atoms with Crippen molar-refractivity contribution in [2.45, 2.75) is 13.8 Å². The lowest BCUT2D eigenvalue weighted by Gasteiger charge is -2.10. The van der Waals surface area contributed by atoms with Crippen molar-refractivity contribution < 1.29 is 9.72 Å². The van der Waals surface area contributed by atoms with E-state index in [4.69, 9.17) is 11.6 Å². The van der Waals surface area contributed by atoms with Crippen LogP contribution in [0.2, 0.25) is 5.02 Å². The van der Waals surface area contributed by atoms with E-state index in [1.807, 2.05) is 13.8 Å². The minimum Gasteiger partial charge on any atom is -0.310 e. The Morgan fingerprint density at radius 3 is 2.64 bits per heavy atom. The number of hydrogen-bond acceptors (Lipinski definition) is 9. The van der Waals surface area contributed by atoms with Crippen LogP contribution in [-0.4, -0.2) is 25.8 Å². The molecule has 0 spiro atoms. The summed E-state index contributed by atoms with van der Waals surface area (Å²) in [4.78, 5) is 36.1. The molecule has 2 heterocycles. The zero-order valence-corrected chi connectivity index (χ0v) is 16.3. The number of nitro groups is 1. The number of benzene rings is 1. The predicted molar refractivity (Wildman–Crippen MR) is 106 cm³/mol. The molecule has 12 heteroatoms. The molecule has 0 bridgehead atoms. The van der Waals surface area contributed by atoms with Gasteiger partial charge >= 0.3 is 5.69 Å². The average molecular weight is 420 g/mol. The fourth-order valence-electron chi connectivity index (χ4n) is 2.18. The van der Waals surface area contributed by atoms with Crippen molar-refractivity contribution in [3.63, 3.8) is 0 Å². The maximum Gasteiger partial charge on any atom is 0.355 e. The number of hydrazine groups is 1. The van der Waals surface area contributed by atoms with E-state index >= 15 is 0 Å². The van der Waals surface area contributed by atoms with Crippen LogP contribution in [0.15, 0.2) is 30.6 Å². The molecule has 3 N–H and O–H groups in total. The van der Waals surface area contributed by atoms with E-state index in [0.717, 1.165) is 16.9 Å². The van der Waals surface area contributed by atoms with Crippen LogP contribution in [0.5, 0.6) is 0 Å². The quantitative estimate of drug-likeness (QED) is 0.407. The first-order valence-electron chi connectivity index (χ1n) is 7.87. The summed E-state index contributed by atoms with van der Waals surface area (Å²) in [6, 6.07) is 6.26. The van der Waals surface area contributed by atoms with Gasteiger partial charge in [0.2, 0.25) is 11.6 Å². The predicted octanol–water partition coefficient (Wildman–Crippen LogP) is 3.61. The summed E-state index contributed by atoms with van der Waals surface area (Å²) in [6.07, 6.45) is 1.14. The van der Waals surface area contributed by atoms with Gasteiger partial charge in [-0.1, -0.05) is 17.7 Å². The topological polar surface area (TPSA) is 135 Å². The second-order valence-corrected chi connectivity index (χ2v) is 7.19. The molecule has 0 unspecified atom stereocenters. The summed E-state index contributed by atoms with van der Waals surface area (Å²) in [5.41, 5.74) is 5.49.